The summed E-state index contributed by atoms with van der Waals surface area (Å²) < 4.78 is 16.6. The Morgan fingerprint density at radius 3 is 2.64 bits per heavy atom. The number of nitrogens with one attached hydrogen (secondary N) is 1. The third kappa shape index (κ3) is 5.52. The van der Waals surface area contributed by atoms with E-state index in [2.05, 4.69) is 20.2 Å². The van der Waals surface area contributed by atoms with Gasteiger partial charge in [-0.05, 0) is 42.7 Å². The molecule has 0 saturated carbocycles. The minimum Gasteiger partial charge on any atom is -0.493 e. The number of piperidine rings is 1. The molecule has 1 aromatic heterocycles. The molecule has 0 unspecified atom stereocenters. The summed E-state index contributed by atoms with van der Waals surface area (Å²) in [5.74, 6) is 2.96. The molecule has 4 rings (SSSR count). The van der Waals surface area contributed by atoms with Gasteiger partial charge < -0.3 is 24.4 Å². The second kappa shape index (κ2) is 10.7. The van der Waals surface area contributed by atoms with Crippen molar-refractivity contribution in [3.05, 3.63) is 66.5 Å². The molecule has 8 heteroatoms. The van der Waals surface area contributed by atoms with Crippen LogP contribution in [0.2, 0.25) is 0 Å². The highest BCUT2D eigenvalue weighted by molar-refractivity contribution is 5.79. The first-order valence-corrected chi connectivity index (χ1v) is 11.0. The van der Waals surface area contributed by atoms with Gasteiger partial charge in [0.15, 0.2) is 17.3 Å². The summed E-state index contributed by atoms with van der Waals surface area (Å²) >= 11 is 0. The van der Waals surface area contributed by atoms with Gasteiger partial charge >= 0.3 is 0 Å². The molecule has 0 aliphatic carbocycles. The van der Waals surface area contributed by atoms with Crippen molar-refractivity contribution in [2.75, 3.05) is 32.2 Å². The zero-order chi connectivity index (χ0) is 23.0. The van der Waals surface area contributed by atoms with Gasteiger partial charge in [-0.3, -0.25) is 4.79 Å². The molecule has 2 heterocycles. The smallest absolute Gasteiger partial charge is 0.263 e. The Labute approximate surface area is 193 Å². The number of nitrogens with zero attached hydrogens (tertiary/aromatic N) is 3. The van der Waals surface area contributed by atoms with E-state index in [9.17, 15) is 4.79 Å². The van der Waals surface area contributed by atoms with Gasteiger partial charge in [-0.25, -0.2) is 9.97 Å². The van der Waals surface area contributed by atoms with Crippen molar-refractivity contribution in [1.82, 2.24) is 15.3 Å². The highest BCUT2D eigenvalue weighted by Crippen LogP contribution is 2.31. The van der Waals surface area contributed by atoms with E-state index < -0.39 is 0 Å². The fourth-order valence-electron chi connectivity index (χ4n) is 3.91. The van der Waals surface area contributed by atoms with E-state index in [0.29, 0.717) is 42.0 Å². The van der Waals surface area contributed by atoms with Crippen LogP contribution in [-0.4, -0.2) is 43.2 Å². The summed E-state index contributed by atoms with van der Waals surface area (Å²) in [5, 5.41) is 3.05. The van der Waals surface area contributed by atoms with Gasteiger partial charge in [-0.1, -0.05) is 24.3 Å². The maximum Gasteiger partial charge on any atom is 0.263 e. The fourth-order valence-corrected chi connectivity index (χ4v) is 3.91. The SMILES string of the molecule is COc1ccc(CNC(=O)[C@H]2CCCN(c3nccnc3Oc3ccccc3)C2)cc1OC. The topological polar surface area (TPSA) is 85.8 Å². The zero-order valence-corrected chi connectivity index (χ0v) is 18.9. The minimum absolute atomic E-state index is 0.0175. The summed E-state index contributed by atoms with van der Waals surface area (Å²) in [6, 6.07) is 15.1. The summed E-state index contributed by atoms with van der Waals surface area (Å²) in [6.07, 6.45) is 4.96. The van der Waals surface area contributed by atoms with Gasteiger partial charge in [0.1, 0.15) is 5.75 Å². The number of carbonyl (C=O) groups excluding carboxylic acids is 1. The lowest BCUT2D eigenvalue weighted by atomic mass is 9.97. The summed E-state index contributed by atoms with van der Waals surface area (Å²) in [5.41, 5.74) is 0.945. The molecule has 0 spiro atoms. The van der Waals surface area contributed by atoms with Crippen LogP contribution in [0.25, 0.3) is 0 Å². The minimum atomic E-state index is -0.148. The van der Waals surface area contributed by atoms with Crippen molar-refractivity contribution < 1.29 is 19.0 Å². The van der Waals surface area contributed by atoms with E-state index in [0.717, 1.165) is 24.9 Å². The third-order valence-corrected chi connectivity index (χ3v) is 5.61. The third-order valence-electron chi connectivity index (χ3n) is 5.61. The van der Waals surface area contributed by atoms with E-state index in [1.165, 1.54) is 0 Å². The molecule has 172 valence electrons. The average Bonchev–Trinajstić information content (AvgIpc) is 2.88. The van der Waals surface area contributed by atoms with E-state index in [1.807, 2.05) is 48.5 Å². The number of carbonyl (C=O) groups is 1. The Morgan fingerprint density at radius 1 is 1.06 bits per heavy atom. The fraction of sp³-hybridized carbons (Fsp3) is 0.320. The molecule has 1 N–H and O–H groups in total. The predicted octanol–water partition coefficient (Wildman–Crippen LogP) is 3.82. The molecule has 0 bridgehead atoms. The first kappa shape index (κ1) is 22.4. The maximum atomic E-state index is 12.9. The van der Waals surface area contributed by atoms with Gasteiger partial charge in [0.05, 0.1) is 20.1 Å². The lowest BCUT2D eigenvalue weighted by Gasteiger charge is -2.33. The van der Waals surface area contributed by atoms with Crippen LogP contribution < -0.4 is 24.4 Å². The Kier molecular flexibility index (Phi) is 7.24. The summed E-state index contributed by atoms with van der Waals surface area (Å²) in [4.78, 5) is 23.9. The number of hydrogen-bond donors (Lipinski definition) is 1. The molecular weight excluding hydrogens is 420 g/mol. The largest absolute Gasteiger partial charge is 0.493 e. The molecule has 1 atom stereocenters. The van der Waals surface area contributed by atoms with Crippen molar-refractivity contribution in [1.29, 1.82) is 0 Å². The summed E-state index contributed by atoms with van der Waals surface area (Å²) in [6.45, 7) is 1.77. The number of hydrogen-bond acceptors (Lipinski definition) is 7. The van der Waals surface area contributed by atoms with E-state index >= 15 is 0 Å². The molecule has 2 aromatic carbocycles. The summed E-state index contributed by atoms with van der Waals surface area (Å²) in [7, 11) is 3.20. The molecule has 8 nitrogen and oxygen atoms in total. The molecule has 1 aliphatic rings. The molecule has 33 heavy (non-hydrogen) atoms. The van der Waals surface area contributed by atoms with Gasteiger partial charge in [0, 0.05) is 32.0 Å². The predicted molar refractivity (Wildman–Crippen MR) is 125 cm³/mol. The molecule has 1 amide bonds. The monoisotopic (exact) mass is 448 g/mol. The van der Waals surface area contributed by atoms with Gasteiger partial charge in [-0.2, -0.15) is 0 Å². The highest BCUT2D eigenvalue weighted by atomic mass is 16.5. The number of rotatable bonds is 8. The normalized spacial score (nSPS) is 15.6. The van der Waals surface area contributed by atoms with E-state index in [-0.39, 0.29) is 11.8 Å². The average molecular weight is 449 g/mol. The first-order chi connectivity index (χ1) is 16.2. The zero-order valence-electron chi connectivity index (χ0n) is 18.9. The maximum absolute atomic E-state index is 12.9. The standard InChI is InChI=1S/C25H28N4O4/c1-31-21-11-10-18(15-22(21)32-2)16-28-24(30)19-7-6-14-29(17-19)23-25(27-13-12-26-23)33-20-8-4-3-5-9-20/h3-5,8-13,15,19H,6-7,14,16-17H2,1-2H3,(H,28,30)/t19-/m0/s1. The van der Waals surface area contributed by atoms with Gasteiger partial charge in [0.2, 0.25) is 5.91 Å². The van der Waals surface area contributed by atoms with Crippen LogP contribution in [0.4, 0.5) is 5.82 Å². The molecule has 3 aromatic rings. The van der Waals surface area contributed by atoms with Crippen molar-refractivity contribution in [3.8, 4) is 23.1 Å². The van der Waals surface area contributed by atoms with Crippen molar-refractivity contribution >= 4 is 11.7 Å². The van der Waals surface area contributed by atoms with Crippen LogP contribution in [0.3, 0.4) is 0 Å². The quantitative estimate of drug-likeness (QED) is 0.561. The number of methoxy groups -OCH3 is 2. The number of anilines is 1. The van der Waals surface area contributed by atoms with E-state index in [1.54, 1.807) is 26.6 Å². The Hall–Kier alpha value is -3.81. The van der Waals surface area contributed by atoms with Crippen LogP contribution in [0.15, 0.2) is 60.9 Å². The second-order valence-corrected chi connectivity index (χ2v) is 7.79. The lowest BCUT2D eigenvalue weighted by molar-refractivity contribution is -0.125. The lowest BCUT2D eigenvalue weighted by Crippen LogP contribution is -2.43. The second-order valence-electron chi connectivity index (χ2n) is 7.79. The van der Waals surface area contributed by atoms with Crippen molar-refractivity contribution in [3.63, 3.8) is 0 Å². The Balaban J connectivity index is 1.40. The van der Waals surface area contributed by atoms with Crippen LogP contribution in [0.1, 0.15) is 18.4 Å². The van der Waals surface area contributed by atoms with E-state index in [4.69, 9.17) is 14.2 Å². The van der Waals surface area contributed by atoms with Crippen LogP contribution in [-0.2, 0) is 11.3 Å². The number of aromatic nitrogens is 2. The first-order valence-electron chi connectivity index (χ1n) is 11.0. The van der Waals surface area contributed by atoms with Gasteiger partial charge in [-0.15, -0.1) is 0 Å². The number of ether oxygens (including phenoxy) is 3. The molecule has 0 radical (unpaired) electrons. The number of para-hydroxylation sites is 1. The van der Waals surface area contributed by atoms with Crippen LogP contribution in [0, 0.1) is 5.92 Å². The number of benzene rings is 2. The highest BCUT2D eigenvalue weighted by Gasteiger charge is 2.28. The van der Waals surface area contributed by atoms with Crippen molar-refractivity contribution in [2.45, 2.75) is 19.4 Å². The van der Waals surface area contributed by atoms with Crippen LogP contribution >= 0.6 is 0 Å². The molecule has 1 saturated heterocycles. The molecule has 1 fully saturated rings. The molecule has 1 aliphatic heterocycles. The van der Waals surface area contributed by atoms with Crippen molar-refractivity contribution in [2.24, 2.45) is 5.92 Å². The molecular formula is C25H28N4O4. The Bertz CT molecular complexity index is 1080. The van der Waals surface area contributed by atoms with Crippen LogP contribution in [0.5, 0.6) is 23.1 Å². The number of amides is 1. The van der Waals surface area contributed by atoms with Gasteiger partial charge in [0.25, 0.3) is 5.88 Å². The Morgan fingerprint density at radius 2 is 1.85 bits per heavy atom.